The number of carbonyl (C=O) groups excluding carboxylic acids is 1. The third kappa shape index (κ3) is 4.40. The Bertz CT molecular complexity index is 1000. The van der Waals surface area contributed by atoms with Gasteiger partial charge in [0.1, 0.15) is 0 Å². The molecule has 2 aromatic carbocycles. The van der Waals surface area contributed by atoms with Crippen LogP contribution in [-0.4, -0.2) is 41.2 Å². The molecule has 0 spiro atoms. The summed E-state index contributed by atoms with van der Waals surface area (Å²) >= 11 is 0. The van der Waals surface area contributed by atoms with Crippen molar-refractivity contribution in [1.29, 1.82) is 0 Å². The molecule has 2 heterocycles. The number of carbonyl (C=O) groups is 1. The predicted molar refractivity (Wildman–Crippen MR) is 119 cm³/mol. The molecule has 150 valence electrons. The number of hydrogen-bond donors (Lipinski definition) is 1. The van der Waals surface area contributed by atoms with Crippen LogP contribution in [0, 0.1) is 0 Å². The van der Waals surface area contributed by atoms with Gasteiger partial charge in [-0.25, -0.2) is 5.43 Å². The van der Waals surface area contributed by atoms with Gasteiger partial charge in [-0.15, -0.1) is 0 Å². The molecule has 5 nitrogen and oxygen atoms in total. The Morgan fingerprint density at radius 1 is 1.03 bits per heavy atom. The van der Waals surface area contributed by atoms with Crippen LogP contribution in [0.1, 0.15) is 31.2 Å². The van der Waals surface area contributed by atoms with Gasteiger partial charge in [-0.3, -0.25) is 4.79 Å². The largest absolute Gasteiger partial charge is 0.343 e. The number of hydrogen-bond acceptors (Lipinski definition) is 3. The number of benzene rings is 2. The van der Waals surface area contributed by atoms with Crippen molar-refractivity contribution in [1.82, 2.24) is 14.9 Å². The van der Waals surface area contributed by atoms with E-state index in [0.717, 1.165) is 47.4 Å². The molecule has 0 aliphatic carbocycles. The van der Waals surface area contributed by atoms with E-state index < -0.39 is 0 Å². The van der Waals surface area contributed by atoms with Crippen molar-refractivity contribution < 1.29 is 4.79 Å². The molecular weight excluding hydrogens is 360 g/mol. The van der Waals surface area contributed by atoms with Crippen molar-refractivity contribution in [2.24, 2.45) is 12.1 Å². The van der Waals surface area contributed by atoms with Crippen LogP contribution in [0.5, 0.6) is 0 Å². The lowest BCUT2D eigenvalue weighted by Crippen LogP contribution is -2.33. The molecule has 1 aliphatic heterocycles. The molecule has 0 unspecified atom stereocenters. The maximum absolute atomic E-state index is 12.2. The van der Waals surface area contributed by atoms with Crippen LogP contribution < -0.4 is 5.43 Å². The number of para-hydroxylation sites is 1. The van der Waals surface area contributed by atoms with Gasteiger partial charge >= 0.3 is 0 Å². The van der Waals surface area contributed by atoms with Gasteiger partial charge in [0.2, 0.25) is 5.91 Å². The zero-order chi connectivity index (χ0) is 20.1. The monoisotopic (exact) mass is 388 g/mol. The third-order valence-corrected chi connectivity index (χ3v) is 5.68. The number of aryl methyl sites for hydroxylation is 1. The minimum absolute atomic E-state index is 0.0340. The van der Waals surface area contributed by atoms with E-state index >= 15 is 0 Å². The average molecular weight is 389 g/mol. The molecule has 1 aromatic heterocycles. The van der Waals surface area contributed by atoms with Gasteiger partial charge in [-0.1, -0.05) is 55.0 Å². The van der Waals surface area contributed by atoms with Crippen LogP contribution in [0.4, 0.5) is 0 Å². The fourth-order valence-corrected chi connectivity index (χ4v) is 4.17. The molecule has 0 saturated carbocycles. The van der Waals surface area contributed by atoms with E-state index in [1.807, 2.05) is 30.3 Å². The molecular formula is C24H28N4O. The van der Waals surface area contributed by atoms with E-state index in [2.05, 4.69) is 51.3 Å². The van der Waals surface area contributed by atoms with Crippen LogP contribution >= 0.6 is 0 Å². The molecule has 1 N–H and O–H groups in total. The summed E-state index contributed by atoms with van der Waals surface area (Å²) in [7, 11) is 2.07. The normalized spacial score (nSPS) is 15.2. The van der Waals surface area contributed by atoms with Crippen LogP contribution in [0.2, 0.25) is 0 Å². The lowest BCUT2D eigenvalue weighted by Gasteiger charge is -2.25. The van der Waals surface area contributed by atoms with Crippen LogP contribution in [0.15, 0.2) is 59.7 Å². The lowest BCUT2D eigenvalue weighted by molar-refractivity contribution is -0.121. The Labute approximate surface area is 172 Å². The van der Waals surface area contributed by atoms with Crippen LogP contribution in [0.3, 0.4) is 0 Å². The summed E-state index contributed by atoms with van der Waals surface area (Å²) in [5.74, 6) is -0.0340. The second kappa shape index (κ2) is 9.05. The standard InChI is InChI=1S/C24H28N4O/c1-27-22-13-7-6-12-20(22)21(24(27)19-10-4-2-5-11-19)18-25-26-23(29)14-17-28-15-8-3-9-16-28/h2,4-7,10-13,18H,3,8-9,14-17H2,1H3,(H,26,29)/b25-18+. The van der Waals surface area contributed by atoms with Crippen molar-refractivity contribution >= 4 is 23.0 Å². The molecule has 3 aromatic rings. The highest BCUT2D eigenvalue weighted by molar-refractivity contribution is 6.06. The lowest BCUT2D eigenvalue weighted by atomic mass is 10.1. The number of fused-ring (bicyclic) bond motifs is 1. The van der Waals surface area contributed by atoms with Crippen molar-refractivity contribution in [3.8, 4) is 11.3 Å². The number of nitrogens with zero attached hydrogens (tertiary/aromatic N) is 3. The van der Waals surface area contributed by atoms with Gasteiger partial charge in [0.15, 0.2) is 0 Å². The molecule has 1 amide bonds. The summed E-state index contributed by atoms with van der Waals surface area (Å²) < 4.78 is 2.18. The first kappa shape index (κ1) is 19.4. The first-order chi connectivity index (χ1) is 14.2. The second-order valence-electron chi connectivity index (χ2n) is 7.65. The Balaban J connectivity index is 1.52. The number of nitrogens with one attached hydrogen (secondary N) is 1. The summed E-state index contributed by atoms with van der Waals surface area (Å²) in [6, 6.07) is 18.6. The smallest absolute Gasteiger partial charge is 0.241 e. The van der Waals surface area contributed by atoms with E-state index in [9.17, 15) is 4.79 Å². The van der Waals surface area contributed by atoms with E-state index in [1.54, 1.807) is 6.21 Å². The van der Waals surface area contributed by atoms with Crippen LogP contribution in [0.25, 0.3) is 22.2 Å². The van der Waals surface area contributed by atoms with Crippen molar-refractivity contribution in [3.05, 3.63) is 60.2 Å². The predicted octanol–water partition coefficient (Wildman–Crippen LogP) is 4.17. The van der Waals surface area contributed by atoms with Crippen molar-refractivity contribution in [3.63, 3.8) is 0 Å². The molecule has 4 rings (SSSR count). The van der Waals surface area contributed by atoms with Gasteiger partial charge in [-0.2, -0.15) is 5.10 Å². The Kier molecular flexibility index (Phi) is 6.06. The van der Waals surface area contributed by atoms with Crippen molar-refractivity contribution in [2.75, 3.05) is 19.6 Å². The van der Waals surface area contributed by atoms with E-state index in [0.29, 0.717) is 6.42 Å². The SMILES string of the molecule is Cn1c(-c2ccccc2)c(/C=N/NC(=O)CCN2CCCCC2)c2ccccc21. The number of amides is 1. The quantitative estimate of drug-likeness (QED) is 0.509. The summed E-state index contributed by atoms with van der Waals surface area (Å²) in [4.78, 5) is 14.6. The maximum atomic E-state index is 12.2. The summed E-state index contributed by atoms with van der Waals surface area (Å²) in [6.07, 6.45) is 6.05. The molecule has 5 heteroatoms. The molecule has 0 radical (unpaired) electrons. The number of aromatic nitrogens is 1. The summed E-state index contributed by atoms with van der Waals surface area (Å²) in [5.41, 5.74) is 7.10. The third-order valence-electron chi connectivity index (χ3n) is 5.68. The highest BCUT2D eigenvalue weighted by atomic mass is 16.2. The topological polar surface area (TPSA) is 49.6 Å². The minimum Gasteiger partial charge on any atom is -0.343 e. The van der Waals surface area contributed by atoms with Gasteiger partial charge in [-0.05, 0) is 37.6 Å². The highest BCUT2D eigenvalue weighted by Crippen LogP contribution is 2.31. The Morgan fingerprint density at radius 2 is 1.76 bits per heavy atom. The van der Waals surface area contributed by atoms with Crippen molar-refractivity contribution in [2.45, 2.75) is 25.7 Å². The molecule has 1 aliphatic rings. The zero-order valence-electron chi connectivity index (χ0n) is 17.0. The molecule has 1 fully saturated rings. The Hall–Kier alpha value is -2.92. The number of likely N-dealkylation sites (tertiary alicyclic amines) is 1. The summed E-state index contributed by atoms with van der Waals surface area (Å²) in [6.45, 7) is 3.02. The maximum Gasteiger partial charge on any atom is 0.241 e. The number of rotatable bonds is 6. The van der Waals surface area contributed by atoms with Gasteiger partial charge in [0.05, 0.1) is 11.9 Å². The highest BCUT2D eigenvalue weighted by Gasteiger charge is 2.15. The zero-order valence-corrected chi connectivity index (χ0v) is 17.0. The molecule has 1 saturated heterocycles. The minimum atomic E-state index is -0.0340. The van der Waals surface area contributed by atoms with Gasteiger partial charge < -0.3 is 9.47 Å². The van der Waals surface area contributed by atoms with Gasteiger partial charge in [0, 0.05) is 36.5 Å². The number of piperidine rings is 1. The number of hydrazone groups is 1. The fourth-order valence-electron chi connectivity index (χ4n) is 4.17. The van der Waals surface area contributed by atoms with Crippen LogP contribution in [-0.2, 0) is 11.8 Å². The van der Waals surface area contributed by atoms with E-state index in [1.165, 1.54) is 19.3 Å². The summed E-state index contributed by atoms with van der Waals surface area (Å²) in [5, 5.41) is 5.42. The Morgan fingerprint density at radius 3 is 2.55 bits per heavy atom. The van der Waals surface area contributed by atoms with E-state index in [4.69, 9.17) is 0 Å². The fraction of sp³-hybridized carbons (Fsp3) is 0.333. The first-order valence-corrected chi connectivity index (χ1v) is 10.4. The first-order valence-electron chi connectivity index (χ1n) is 10.4. The molecule has 0 atom stereocenters. The van der Waals surface area contributed by atoms with E-state index in [-0.39, 0.29) is 5.91 Å². The molecule has 0 bridgehead atoms. The second-order valence-corrected chi connectivity index (χ2v) is 7.65. The average Bonchev–Trinajstić information content (AvgIpc) is 3.06. The van der Waals surface area contributed by atoms with Gasteiger partial charge in [0.25, 0.3) is 0 Å². The molecule has 29 heavy (non-hydrogen) atoms.